The number of nitrogens with one attached hydrogen (secondary N) is 1. The van der Waals surface area contributed by atoms with E-state index >= 15 is 0 Å². The van der Waals surface area contributed by atoms with E-state index in [2.05, 4.69) is 5.32 Å². The molecule has 0 radical (unpaired) electrons. The first-order valence-electron chi connectivity index (χ1n) is 6.76. The highest BCUT2D eigenvalue weighted by Crippen LogP contribution is 2.32. The van der Waals surface area contributed by atoms with Crippen molar-refractivity contribution in [3.8, 4) is 0 Å². The number of hydrogen-bond donors (Lipinski definition) is 2. The van der Waals surface area contributed by atoms with Gasteiger partial charge in [-0.05, 0) is 36.5 Å². The molecule has 2 nitrogen and oxygen atoms in total. The summed E-state index contributed by atoms with van der Waals surface area (Å²) >= 11 is 0. The van der Waals surface area contributed by atoms with Crippen LogP contribution in [0.15, 0.2) is 18.2 Å². The molecule has 0 aliphatic heterocycles. The summed E-state index contributed by atoms with van der Waals surface area (Å²) in [4.78, 5) is 0. The predicted molar refractivity (Wildman–Crippen MR) is 73.2 cm³/mol. The third-order valence-electron chi connectivity index (χ3n) is 3.14. The van der Waals surface area contributed by atoms with Crippen LogP contribution in [0.4, 0.5) is 17.6 Å². The third-order valence-corrected chi connectivity index (χ3v) is 3.14. The lowest BCUT2D eigenvalue weighted by atomic mass is 9.87. The van der Waals surface area contributed by atoms with E-state index < -0.39 is 23.7 Å². The van der Waals surface area contributed by atoms with Crippen LogP contribution < -0.4 is 5.32 Å². The van der Waals surface area contributed by atoms with Gasteiger partial charge in [0, 0.05) is 13.1 Å². The average Bonchev–Trinajstić information content (AvgIpc) is 2.27. The van der Waals surface area contributed by atoms with E-state index in [9.17, 15) is 22.7 Å². The van der Waals surface area contributed by atoms with Gasteiger partial charge in [0.05, 0.1) is 11.7 Å². The van der Waals surface area contributed by atoms with Gasteiger partial charge in [-0.15, -0.1) is 0 Å². The standard InChI is InChI=1S/C15H21F4NO/c1-10(21)7-14(2,3)9-20-8-11-4-5-12(16)6-13(11)15(17,18)19/h4-6,10,20-21H,7-9H2,1-3H3. The number of rotatable bonds is 6. The fourth-order valence-corrected chi connectivity index (χ4v) is 2.37. The minimum Gasteiger partial charge on any atom is -0.393 e. The van der Waals surface area contributed by atoms with Gasteiger partial charge in [-0.25, -0.2) is 4.39 Å². The van der Waals surface area contributed by atoms with Crippen molar-refractivity contribution in [2.24, 2.45) is 5.41 Å². The molecular weight excluding hydrogens is 286 g/mol. The van der Waals surface area contributed by atoms with Crippen LogP contribution in [-0.2, 0) is 12.7 Å². The van der Waals surface area contributed by atoms with Gasteiger partial charge in [0.2, 0.25) is 0 Å². The molecule has 0 bridgehead atoms. The van der Waals surface area contributed by atoms with E-state index in [4.69, 9.17) is 0 Å². The summed E-state index contributed by atoms with van der Waals surface area (Å²) < 4.78 is 51.5. The first kappa shape index (κ1) is 17.9. The van der Waals surface area contributed by atoms with Crippen molar-refractivity contribution in [2.45, 2.75) is 46.0 Å². The van der Waals surface area contributed by atoms with Crippen LogP contribution in [0.5, 0.6) is 0 Å². The fourth-order valence-electron chi connectivity index (χ4n) is 2.37. The second kappa shape index (κ2) is 6.75. The molecule has 120 valence electrons. The van der Waals surface area contributed by atoms with Gasteiger partial charge in [0.25, 0.3) is 0 Å². The quantitative estimate of drug-likeness (QED) is 0.785. The van der Waals surface area contributed by atoms with Crippen LogP contribution in [0.25, 0.3) is 0 Å². The topological polar surface area (TPSA) is 32.3 Å². The molecule has 0 amide bonds. The molecule has 0 fully saturated rings. The van der Waals surface area contributed by atoms with Gasteiger partial charge >= 0.3 is 6.18 Å². The summed E-state index contributed by atoms with van der Waals surface area (Å²) in [6.07, 6.45) is -4.51. The van der Waals surface area contributed by atoms with Crippen LogP contribution in [0.1, 0.15) is 38.3 Å². The Hall–Kier alpha value is -1.14. The van der Waals surface area contributed by atoms with Crippen LogP contribution >= 0.6 is 0 Å². The minimum atomic E-state index is -4.58. The molecule has 2 N–H and O–H groups in total. The molecule has 21 heavy (non-hydrogen) atoms. The molecule has 0 spiro atoms. The summed E-state index contributed by atoms with van der Waals surface area (Å²) in [5, 5.41) is 12.3. The van der Waals surface area contributed by atoms with Gasteiger partial charge in [-0.3, -0.25) is 0 Å². The Balaban J connectivity index is 2.72. The predicted octanol–water partition coefficient (Wildman–Crippen LogP) is 3.73. The second-order valence-corrected chi connectivity index (χ2v) is 6.12. The molecule has 0 aromatic heterocycles. The van der Waals surface area contributed by atoms with Crippen molar-refractivity contribution >= 4 is 0 Å². The van der Waals surface area contributed by atoms with Gasteiger partial charge in [-0.2, -0.15) is 13.2 Å². The van der Waals surface area contributed by atoms with Crippen molar-refractivity contribution < 1.29 is 22.7 Å². The van der Waals surface area contributed by atoms with Gasteiger partial charge in [0.1, 0.15) is 5.82 Å². The maximum Gasteiger partial charge on any atom is 0.416 e. The van der Waals surface area contributed by atoms with Crippen molar-refractivity contribution in [1.29, 1.82) is 0 Å². The van der Waals surface area contributed by atoms with Crippen molar-refractivity contribution in [1.82, 2.24) is 5.32 Å². The van der Waals surface area contributed by atoms with Crippen LogP contribution in [-0.4, -0.2) is 17.8 Å². The SMILES string of the molecule is CC(O)CC(C)(C)CNCc1ccc(F)cc1C(F)(F)F. The Labute approximate surface area is 122 Å². The Bertz CT molecular complexity index is 469. The summed E-state index contributed by atoms with van der Waals surface area (Å²) in [5.41, 5.74) is -1.19. The molecule has 1 aromatic rings. The van der Waals surface area contributed by atoms with Crippen molar-refractivity contribution in [3.05, 3.63) is 35.1 Å². The van der Waals surface area contributed by atoms with Crippen molar-refractivity contribution in [2.75, 3.05) is 6.54 Å². The second-order valence-electron chi connectivity index (χ2n) is 6.12. The van der Waals surface area contributed by atoms with Crippen LogP contribution in [0.2, 0.25) is 0 Å². The zero-order chi connectivity index (χ0) is 16.3. The Morgan fingerprint density at radius 1 is 1.24 bits per heavy atom. The van der Waals surface area contributed by atoms with Gasteiger partial charge in [-0.1, -0.05) is 19.9 Å². The number of hydrogen-bond acceptors (Lipinski definition) is 2. The summed E-state index contributed by atoms with van der Waals surface area (Å²) in [6, 6.07) is 2.68. The van der Waals surface area contributed by atoms with E-state index in [1.807, 2.05) is 13.8 Å². The summed E-state index contributed by atoms with van der Waals surface area (Å²) in [5.74, 6) is -0.902. The highest BCUT2D eigenvalue weighted by Gasteiger charge is 2.33. The number of aliphatic hydroxyl groups excluding tert-OH is 1. The largest absolute Gasteiger partial charge is 0.416 e. The highest BCUT2D eigenvalue weighted by atomic mass is 19.4. The molecule has 0 saturated heterocycles. The lowest BCUT2D eigenvalue weighted by Gasteiger charge is -2.26. The van der Waals surface area contributed by atoms with E-state index in [1.54, 1.807) is 6.92 Å². The lowest BCUT2D eigenvalue weighted by molar-refractivity contribution is -0.138. The van der Waals surface area contributed by atoms with E-state index in [-0.39, 0.29) is 17.5 Å². The molecule has 1 unspecified atom stereocenters. The smallest absolute Gasteiger partial charge is 0.393 e. The molecule has 0 heterocycles. The van der Waals surface area contributed by atoms with Crippen molar-refractivity contribution in [3.63, 3.8) is 0 Å². The fraction of sp³-hybridized carbons (Fsp3) is 0.600. The maximum atomic E-state index is 13.0. The minimum absolute atomic E-state index is 0.00162. The molecule has 0 aliphatic rings. The lowest BCUT2D eigenvalue weighted by Crippen LogP contribution is -2.32. The number of halogens is 4. The molecule has 1 atom stereocenters. The number of alkyl halides is 3. The molecular formula is C15H21F4NO. The van der Waals surface area contributed by atoms with E-state index in [0.717, 1.165) is 12.1 Å². The zero-order valence-corrected chi connectivity index (χ0v) is 12.4. The Morgan fingerprint density at radius 2 is 1.86 bits per heavy atom. The molecule has 6 heteroatoms. The molecule has 0 aliphatic carbocycles. The van der Waals surface area contributed by atoms with Gasteiger partial charge < -0.3 is 10.4 Å². The summed E-state index contributed by atoms with van der Waals surface area (Å²) in [7, 11) is 0. The third kappa shape index (κ3) is 6.01. The average molecular weight is 307 g/mol. The first-order chi connectivity index (χ1) is 9.51. The monoisotopic (exact) mass is 307 g/mol. The zero-order valence-electron chi connectivity index (χ0n) is 12.4. The molecule has 1 aromatic carbocycles. The first-order valence-corrected chi connectivity index (χ1v) is 6.76. The van der Waals surface area contributed by atoms with E-state index in [0.29, 0.717) is 19.0 Å². The van der Waals surface area contributed by atoms with Gasteiger partial charge in [0.15, 0.2) is 0 Å². The normalized spacial score (nSPS) is 14.3. The number of aliphatic hydroxyl groups is 1. The number of benzene rings is 1. The maximum absolute atomic E-state index is 13.0. The summed E-state index contributed by atoms with van der Waals surface area (Å²) in [6.45, 7) is 5.96. The Kier molecular flexibility index (Phi) is 5.75. The Morgan fingerprint density at radius 3 is 2.38 bits per heavy atom. The van der Waals surface area contributed by atoms with Crippen LogP contribution in [0, 0.1) is 11.2 Å². The highest BCUT2D eigenvalue weighted by molar-refractivity contribution is 5.30. The van der Waals surface area contributed by atoms with E-state index in [1.165, 1.54) is 0 Å². The van der Waals surface area contributed by atoms with Crippen LogP contribution in [0.3, 0.4) is 0 Å². The molecule has 0 saturated carbocycles. The molecule has 1 rings (SSSR count).